The molecule has 0 aliphatic carbocycles. The van der Waals surface area contributed by atoms with E-state index in [0.717, 1.165) is 11.3 Å². The average Bonchev–Trinajstić information content (AvgIpc) is 2.52. The number of carbonyl (C=O) groups excluding carboxylic acids is 1. The van der Waals surface area contributed by atoms with Crippen LogP contribution in [0, 0.1) is 0 Å². The van der Waals surface area contributed by atoms with Gasteiger partial charge in [0, 0.05) is 25.3 Å². The van der Waals surface area contributed by atoms with Crippen LogP contribution in [-0.2, 0) is 4.79 Å². The standard InChI is InChI=1S/C19H19NO2/c1-20(2)17-11-7-15(8-12-17)9-13-18(21)14-10-16-5-3-4-6-19(16)22/h3-14,22H,1-2H3/b13-9+,14-10+. The highest BCUT2D eigenvalue weighted by Crippen LogP contribution is 2.17. The average molecular weight is 293 g/mol. The molecule has 0 spiro atoms. The molecule has 2 aromatic carbocycles. The molecule has 0 unspecified atom stereocenters. The van der Waals surface area contributed by atoms with E-state index in [-0.39, 0.29) is 11.5 Å². The van der Waals surface area contributed by atoms with Crippen molar-refractivity contribution < 1.29 is 9.90 Å². The van der Waals surface area contributed by atoms with Gasteiger partial charge in [-0.05, 0) is 42.0 Å². The third-order valence-electron chi connectivity index (χ3n) is 3.21. The van der Waals surface area contributed by atoms with Crippen molar-refractivity contribution in [2.75, 3.05) is 19.0 Å². The van der Waals surface area contributed by atoms with Gasteiger partial charge in [-0.3, -0.25) is 4.79 Å². The lowest BCUT2D eigenvalue weighted by molar-refractivity contribution is -0.110. The second-order valence-electron chi connectivity index (χ2n) is 5.11. The van der Waals surface area contributed by atoms with Crippen molar-refractivity contribution in [2.45, 2.75) is 0 Å². The quantitative estimate of drug-likeness (QED) is 0.853. The Morgan fingerprint density at radius 1 is 0.955 bits per heavy atom. The number of allylic oxidation sites excluding steroid dienone is 2. The van der Waals surface area contributed by atoms with Gasteiger partial charge in [-0.2, -0.15) is 0 Å². The first-order valence-electron chi connectivity index (χ1n) is 7.02. The summed E-state index contributed by atoms with van der Waals surface area (Å²) in [5, 5.41) is 9.62. The summed E-state index contributed by atoms with van der Waals surface area (Å²) in [6.07, 6.45) is 6.34. The van der Waals surface area contributed by atoms with E-state index in [1.54, 1.807) is 30.4 Å². The molecule has 2 aromatic rings. The van der Waals surface area contributed by atoms with Gasteiger partial charge in [0.15, 0.2) is 5.78 Å². The summed E-state index contributed by atoms with van der Waals surface area (Å²) in [7, 11) is 3.97. The Labute approximate surface area is 130 Å². The maximum absolute atomic E-state index is 11.8. The van der Waals surface area contributed by atoms with Crippen molar-refractivity contribution in [1.29, 1.82) is 0 Å². The van der Waals surface area contributed by atoms with E-state index in [2.05, 4.69) is 0 Å². The monoisotopic (exact) mass is 293 g/mol. The van der Waals surface area contributed by atoms with Crippen molar-refractivity contribution in [3.63, 3.8) is 0 Å². The van der Waals surface area contributed by atoms with Crippen LogP contribution in [0.5, 0.6) is 5.75 Å². The fraction of sp³-hybridized carbons (Fsp3) is 0.105. The summed E-state index contributed by atoms with van der Waals surface area (Å²) < 4.78 is 0. The first-order chi connectivity index (χ1) is 10.6. The Morgan fingerprint density at radius 2 is 1.59 bits per heavy atom. The fourth-order valence-corrected chi connectivity index (χ4v) is 1.92. The molecule has 2 rings (SSSR count). The number of rotatable bonds is 5. The van der Waals surface area contributed by atoms with E-state index in [1.165, 1.54) is 12.2 Å². The predicted molar refractivity (Wildman–Crippen MR) is 92.0 cm³/mol. The number of aromatic hydroxyl groups is 1. The number of phenolic OH excluding ortho intramolecular Hbond substituents is 1. The van der Waals surface area contributed by atoms with Crippen molar-refractivity contribution in [2.24, 2.45) is 0 Å². The van der Waals surface area contributed by atoms with E-state index < -0.39 is 0 Å². The first kappa shape index (κ1) is 15.6. The molecule has 0 bridgehead atoms. The molecule has 0 saturated heterocycles. The summed E-state index contributed by atoms with van der Waals surface area (Å²) in [6.45, 7) is 0. The van der Waals surface area contributed by atoms with Crippen LogP contribution in [0.25, 0.3) is 12.2 Å². The highest BCUT2D eigenvalue weighted by atomic mass is 16.3. The van der Waals surface area contributed by atoms with E-state index in [9.17, 15) is 9.90 Å². The maximum Gasteiger partial charge on any atom is 0.178 e. The van der Waals surface area contributed by atoms with Crippen molar-refractivity contribution in [3.8, 4) is 5.75 Å². The second kappa shape index (κ2) is 7.27. The molecule has 0 radical (unpaired) electrons. The predicted octanol–water partition coefficient (Wildman–Crippen LogP) is 3.75. The smallest absolute Gasteiger partial charge is 0.178 e. The molecule has 3 nitrogen and oxygen atoms in total. The molecule has 1 N–H and O–H groups in total. The topological polar surface area (TPSA) is 40.5 Å². The van der Waals surface area contributed by atoms with Gasteiger partial charge in [0.1, 0.15) is 5.75 Å². The van der Waals surface area contributed by atoms with Gasteiger partial charge in [0.05, 0.1) is 0 Å². The molecule has 0 aliphatic rings. The molecule has 3 heteroatoms. The maximum atomic E-state index is 11.8. The number of nitrogens with zero attached hydrogens (tertiary/aromatic N) is 1. The van der Waals surface area contributed by atoms with Crippen LogP contribution in [0.2, 0.25) is 0 Å². The molecule has 22 heavy (non-hydrogen) atoms. The largest absolute Gasteiger partial charge is 0.507 e. The Balaban J connectivity index is 2.01. The van der Waals surface area contributed by atoms with Crippen LogP contribution in [0.3, 0.4) is 0 Å². The second-order valence-corrected chi connectivity index (χ2v) is 5.11. The van der Waals surface area contributed by atoms with Gasteiger partial charge < -0.3 is 10.0 Å². The van der Waals surface area contributed by atoms with E-state index in [4.69, 9.17) is 0 Å². The fourth-order valence-electron chi connectivity index (χ4n) is 1.92. The van der Waals surface area contributed by atoms with E-state index in [1.807, 2.05) is 49.3 Å². The summed E-state index contributed by atoms with van der Waals surface area (Å²) >= 11 is 0. The molecule has 0 saturated carbocycles. The Bertz CT molecular complexity index is 698. The van der Waals surface area contributed by atoms with E-state index >= 15 is 0 Å². The summed E-state index contributed by atoms with van der Waals surface area (Å²) in [5.74, 6) is 0.0368. The molecule has 0 atom stereocenters. The summed E-state index contributed by atoms with van der Waals surface area (Å²) in [4.78, 5) is 13.8. The number of para-hydroxylation sites is 1. The van der Waals surface area contributed by atoms with Crippen LogP contribution in [0.1, 0.15) is 11.1 Å². The Morgan fingerprint density at radius 3 is 2.23 bits per heavy atom. The highest BCUT2D eigenvalue weighted by molar-refractivity contribution is 6.04. The summed E-state index contributed by atoms with van der Waals surface area (Å²) in [6, 6.07) is 14.8. The third-order valence-corrected chi connectivity index (χ3v) is 3.21. The van der Waals surface area contributed by atoms with Crippen molar-refractivity contribution >= 4 is 23.6 Å². The summed E-state index contributed by atoms with van der Waals surface area (Å²) in [5.41, 5.74) is 2.71. The molecule has 0 fully saturated rings. The normalized spacial score (nSPS) is 11.2. The lowest BCUT2D eigenvalue weighted by atomic mass is 10.1. The Kier molecular flexibility index (Phi) is 5.15. The lowest BCUT2D eigenvalue weighted by Gasteiger charge is -2.11. The minimum Gasteiger partial charge on any atom is -0.507 e. The molecule has 112 valence electrons. The minimum atomic E-state index is -0.125. The number of hydrogen-bond donors (Lipinski definition) is 1. The van der Waals surface area contributed by atoms with E-state index in [0.29, 0.717) is 5.56 Å². The SMILES string of the molecule is CN(C)c1ccc(/C=C/C(=O)/C=C/c2ccccc2O)cc1. The number of carbonyl (C=O) groups is 1. The highest BCUT2D eigenvalue weighted by Gasteiger charge is 1.96. The number of anilines is 1. The Hall–Kier alpha value is -2.81. The van der Waals surface area contributed by atoms with Gasteiger partial charge >= 0.3 is 0 Å². The zero-order valence-corrected chi connectivity index (χ0v) is 12.7. The van der Waals surface area contributed by atoms with Gasteiger partial charge in [-0.25, -0.2) is 0 Å². The lowest BCUT2D eigenvalue weighted by Crippen LogP contribution is -2.07. The van der Waals surface area contributed by atoms with Gasteiger partial charge in [0.25, 0.3) is 0 Å². The number of hydrogen-bond acceptors (Lipinski definition) is 3. The molecular weight excluding hydrogens is 274 g/mol. The number of phenols is 1. The van der Waals surface area contributed by atoms with Crippen LogP contribution >= 0.6 is 0 Å². The van der Waals surface area contributed by atoms with Gasteiger partial charge in [-0.15, -0.1) is 0 Å². The van der Waals surface area contributed by atoms with Gasteiger partial charge in [-0.1, -0.05) is 36.4 Å². The van der Waals surface area contributed by atoms with Crippen molar-refractivity contribution in [3.05, 3.63) is 71.8 Å². The zero-order valence-electron chi connectivity index (χ0n) is 12.7. The van der Waals surface area contributed by atoms with Crippen LogP contribution < -0.4 is 4.90 Å². The molecule has 0 heterocycles. The van der Waals surface area contributed by atoms with Gasteiger partial charge in [0.2, 0.25) is 0 Å². The number of ketones is 1. The first-order valence-corrected chi connectivity index (χ1v) is 7.02. The molecule has 0 amide bonds. The van der Waals surface area contributed by atoms with Crippen LogP contribution in [-0.4, -0.2) is 25.0 Å². The molecular formula is C19H19NO2. The van der Waals surface area contributed by atoms with Crippen LogP contribution in [0.15, 0.2) is 60.7 Å². The number of benzene rings is 2. The molecule has 0 aliphatic heterocycles. The third kappa shape index (κ3) is 4.35. The van der Waals surface area contributed by atoms with Crippen molar-refractivity contribution in [1.82, 2.24) is 0 Å². The van der Waals surface area contributed by atoms with Crippen LogP contribution in [0.4, 0.5) is 5.69 Å². The molecule has 0 aromatic heterocycles. The minimum absolute atomic E-state index is 0.125. The zero-order chi connectivity index (χ0) is 15.9.